The number of benzene rings is 2. The Labute approximate surface area is 126 Å². The summed E-state index contributed by atoms with van der Waals surface area (Å²) >= 11 is 5.97. The second-order valence-electron chi connectivity index (χ2n) is 4.91. The minimum Gasteiger partial charge on any atom is -0.456 e. The molecule has 5 heteroatoms. The Hall–Kier alpha value is -1.88. The van der Waals surface area contributed by atoms with Gasteiger partial charge in [0, 0.05) is 10.4 Å². The average molecular weight is 305 g/mol. The van der Waals surface area contributed by atoms with E-state index in [4.69, 9.17) is 21.9 Å². The third-order valence-electron chi connectivity index (χ3n) is 3.51. The van der Waals surface area contributed by atoms with Crippen molar-refractivity contribution in [3.8, 4) is 0 Å². The minimum absolute atomic E-state index is 0.236. The van der Waals surface area contributed by atoms with E-state index < -0.39 is 0 Å². The third kappa shape index (κ3) is 2.53. The summed E-state index contributed by atoms with van der Waals surface area (Å²) in [7, 11) is 0. The van der Waals surface area contributed by atoms with E-state index in [9.17, 15) is 4.39 Å². The Balaban J connectivity index is 2.11. The first-order chi connectivity index (χ1) is 10.1. The van der Waals surface area contributed by atoms with Crippen LogP contribution in [-0.4, -0.2) is 0 Å². The van der Waals surface area contributed by atoms with Crippen molar-refractivity contribution in [2.45, 2.75) is 13.0 Å². The Morgan fingerprint density at radius 2 is 2.05 bits per heavy atom. The van der Waals surface area contributed by atoms with E-state index in [1.807, 2.05) is 19.1 Å². The molecule has 21 heavy (non-hydrogen) atoms. The van der Waals surface area contributed by atoms with Gasteiger partial charge in [-0.15, -0.1) is 0 Å². The van der Waals surface area contributed by atoms with Crippen LogP contribution in [0.3, 0.4) is 0 Å². The molecule has 0 aliphatic heterocycles. The van der Waals surface area contributed by atoms with Gasteiger partial charge in [-0.2, -0.15) is 0 Å². The smallest absolute Gasteiger partial charge is 0.169 e. The molecule has 0 fully saturated rings. The predicted octanol–water partition coefficient (Wildman–Crippen LogP) is 4.09. The van der Waals surface area contributed by atoms with Crippen LogP contribution in [0.15, 0.2) is 46.9 Å². The van der Waals surface area contributed by atoms with Crippen LogP contribution < -0.4 is 11.3 Å². The van der Waals surface area contributed by atoms with Crippen LogP contribution in [0.1, 0.15) is 22.9 Å². The van der Waals surface area contributed by atoms with E-state index in [-0.39, 0.29) is 17.4 Å². The summed E-state index contributed by atoms with van der Waals surface area (Å²) in [5.41, 5.74) is 4.86. The lowest BCUT2D eigenvalue weighted by Crippen LogP contribution is -2.29. The summed E-state index contributed by atoms with van der Waals surface area (Å²) in [5, 5.41) is 1.36. The number of para-hydroxylation sites is 1. The molecule has 0 radical (unpaired) electrons. The van der Waals surface area contributed by atoms with Crippen LogP contribution in [0.25, 0.3) is 11.0 Å². The maximum atomic E-state index is 13.7. The zero-order valence-corrected chi connectivity index (χ0v) is 12.1. The van der Waals surface area contributed by atoms with E-state index >= 15 is 0 Å². The molecule has 0 aliphatic rings. The number of hydrogen-bond donors (Lipinski definition) is 2. The molecule has 3 nitrogen and oxygen atoms in total. The van der Waals surface area contributed by atoms with Gasteiger partial charge in [0.05, 0.1) is 0 Å². The molecule has 0 spiro atoms. The van der Waals surface area contributed by atoms with E-state index in [0.29, 0.717) is 16.2 Å². The highest BCUT2D eigenvalue weighted by atomic mass is 35.5. The first-order valence-corrected chi connectivity index (χ1v) is 6.88. The van der Waals surface area contributed by atoms with Crippen LogP contribution in [0, 0.1) is 12.7 Å². The van der Waals surface area contributed by atoms with Gasteiger partial charge in [-0.1, -0.05) is 29.8 Å². The van der Waals surface area contributed by atoms with Crippen molar-refractivity contribution in [2.75, 3.05) is 0 Å². The normalized spacial score (nSPS) is 12.8. The fraction of sp³-hybridized carbons (Fsp3) is 0.125. The number of hydrogen-bond acceptors (Lipinski definition) is 3. The van der Waals surface area contributed by atoms with Crippen LogP contribution in [0.4, 0.5) is 4.39 Å². The summed E-state index contributed by atoms with van der Waals surface area (Å²) in [4.78, 5) is 0. The number of nitrogens with two attached hydrogens (primary N) is 1. The van der Waals surface area contributed by atoms with E-state index in [0.717, 1.165) is 11.1 Å². The van der Waals surface area contributed by atoms with Crippen LogP contribution in [0.5, 0.6) is 0 Å². The molecule has 1 heterocycles. The van der Waals surface area contributed by atoms with Crippen LogP contribution >= 0.6 is 11.6 Å². The first-order valence-electron chi connectivity index (χ1n) is 6.50. The number of rotatable bonds is 3. The summed E-state index contributed by atoms with van der Waals surface area (Å²) < 4.78 is 19.4. The van der Waals surface area contributed by atoms with Crippen molar-refractivity contribution < 1.29 is 8.81 Å². The Bertz CT molecular complexity index is 800. The molecule has 3 aromatic rings. The molecular formula is C16H14ClFN2O. The highest BCUT2D eigenvalue weighted by Gasteiger charge is 2.20. The Morgan fingerprint density at radius 3 is 2.71 bits per heavy atom. The largest absolute Gasteiger partial charge is 0.456 e. The molecule has 0 bridgehead atoms. The maximum Gasteiger partial charge on any atom is 0.169 e. The quantitative estimate of drug-likeness (QED) is 0.566. The lowest BCUT2D eigenvalue weighted by molar-refractivity contribution is 0.464. The molecule has 2 aromatic carbocycles. The van der Waals surface area contributed by atoms with Gasteiger partial charge in [-0.3, -0.25) is 5.84 Å². The molecule has 0 saturated heterocycles. The predicted molar refractivity (Wildman–Crippen MR) is 81.5 cm³/mol. The van der Waals surface area contributed by atoms with E-state index in [2.05, 4.69) is 5.43 Å². The second-order valence-corrected chi connectivity index (χ2v) is 5.34. The standard InChI is InChI=1S/C16H14ClFN2O/c1-9-7-11(17)5-6-12(9)15(20-19)14-8-10-3-2-4-13(18)16(10)21-14/h2-8,15,20H,19H2,1H3. The zero-order chi connectivity index (χ0) is 15.0. The summed E-state index contributed by atoms with van der Waals surface area (Å²) in [6.45, 7) is 1.94. The monoisotopic (exact) mass is 304 g/mol. The number of furan rings is 1. The van der Waals surface area contributed by atoms with Crippen molar-refractivity contribution in [2.24, 2.45) is 5.84 Å². The minimum atomic E-state index is -0.387. The lowest BCUT2D eigenvalue weighted by atomic mass is 10.00. The van der Waals surface area contributed by atoms with Gasteiger partial charge in [0.25, 0.3) is 0 Å². The maximum absolute atomic E-state index is 13.7. The summed E-state index contributed by atoms with van der Waals surface area (Å²) in [5.74, 6) is 5.84. The van der Waals surface area contributed by atoms with Gasteiger partial charge in [-0.05, 0) is 42.3 Å². The fourth-order valence-corrected chi connectivity index (χ4v) is 2.70. The zero-order valence-electron chi connectivity index (χ0n) is 11.4. The Morgan fingerprint density at radius 1 is 1.24 bits per heavy atom. The number of fused-ring (bicyclic) bond motifs is 1. The molecule has 0 saturated carbocycles. The van der Waals surface area contributed by atoms with E-state index in [1.165, 1.54) is 6.07 Å². The van der Waals surface area contributed by atoms with Gasteiger partial charge in [0.2, 0.25) is 0 Å². The molecule has 3 N–H and O–H groups in total. The summed E-state index contributed by atoms with van der Waals surface area (Å²) in [6.07, 6.45) is 0. The van der Waals surface area contributed by atoms with Gasteiger partial charge in [0.1, 0.15) is 11.8 Å². The SMILES string of the molecule is Cc1cc(Cl)ccc1C(NN)c1cc2cccc(F)c2o1. The van der Waals surface area contributed by atoms with Gasteiger partial charge < -0.3 is 4.42 Å². The van der Waals surface area contributed by atoms with Crippen molar-refractivity contribution in [1.82, 2.24) is 5.43 Å². The molecule has 108 valence electrons. The van der Waals surface area contributed by atoms with Crippen molar-refractivity contribution in [3.63, 3.8) is 0 Å². The fourth-order valence-electron chi connectivity index (χ4n) is 2.48. The molecule has 3 rings (SSSR count). The van der Waals surface area contributed by atoms with Crippen LogP contribution in [-0.2, 0) is 0 Å². The molecule has 1 unspecified atom stereocenters. The van der Waals surface area contributed by atoms with Gasteiger partial charge >= 0.3 is 0 Å². The molecule has 0 aliphatic carbocycles. The topological polar surface area (TPSA) is 51.2 Å². The highest BCUT2D eigenvalue weighted by Crippen LogP contribution is 2.31. The van der Waals surface area contributed by atoms with E-state index in [1.54, 1.807) is 24.3 Å². The number of halogens is 2. The van der Waals surface area contributed by atoms with Crippen molar-refractivity contribution in [3.05, 3.63) is 70.2 Å². The second kappa shape index (κ2) is 5.48. The molecular weight excluding hydrogens is 291 g/mol. The van der Waals surface area contributed by atoms with Gasteiger partial charge in [0.15, 0.2) is 11.4 Å². The number of aryl methyl sites for hydroxylation is 1. The van der Waals surface area contributed by atoms with Gasteiger partial charge in [-0.25, -0.2) is 9.82 Å². The molecule has 0 amide bonds. The molecule has 1 aromatic heterocycles. The first kappa shape index (κ1) is 14.1. The number of nitrogens with one attached hydrogen (secondary N) is 1. The summed E-state index contributed by atoms with van der Waals surface area (Å²) in [6, 6.07) is 11.8. The third-order valence-corrected chi connectivity index (χ3v) is 3.74. The Kier molecular flexibility index (Phi) is 3.68. The average Bonchev–Trinajstić information content (AvgIpc) is 2.87. The molecule has 1 atom stereocenters. The van der Waals surface area contributed by atoms with Crippen LogP contribution in [0.2, 0.25) is 5.02 Å². The van der Waals surface area contributed by atoms with Crippen molar-refractivity contribution >= 4 is 22.6 Å². The number of hydrazine groups is 1. The lowest BCUT2D eigenvalue weighted by Gasteiger charge is -2.16. The highest BCUT2D eigenvalue weighted by molar-refractivity contribution is 6.30. The van der Waals surface area contributed by atoms with Crippen molar-refractivity contribution in [1.29, 1.82) is 0 Å².